The highest BCUT2D eigenvalue weighted by Gasteiger charge is 2.33. The zero-order valence-corrected chi connectivity index (χ0v) is 28.4. The lowest BCUT2D eigenvalue weighted by molar-refractivity contribution is -0.142. The van der Waals surface area contributed by atoms with Gasteiger partial charge in [-0.05, 0) is 95.1 Å². The van der Waals surface area contributed by atoms with E-state index in [0.717, 1.165) is 17.5 Å². The van der Waals surface area contributed by atoms with Crippen molar-refractivity contribution in [3.8, 4) is 25.6 Å². The van der Waals surface area contributed by atoms with Gasteiger partial charge in [0.15, 0.2) is 0 Å². The molecule has 4 heterocycles. The summed E-state index contributed by atoms with van der Waals surface area (Å²) < 4.78 is -0.253. The van der Waals surface area contributed by atoms with Gasteiger partial charge in [-0.2, -0.15) is 16.6 Å². The first kappa shape index (κ1) is 33.3. The summed E-state index contributed by atoms with van der Waals surface area (Å²) in [5.41, 5.74) is 3.28. The average molecular weight is 682 g/mol. The Kier molecular flexibility index (Phi) is 12.7. The molecule has 0 aliphatic heterocycles. The number of aryl methyl sites for hydroxylation is 1. The van der Waals surface area contributed by atoms with Crippen molar-refractivity contribution >= 4 is 79.5 Å². The summed E-state index contributed by atoms with van der Waals surface area (Å²) in [5, 5.41) is 36.6. The summed E-state index contributed by atoms with van der Waals surface area (Å²) in [6.45, 7) is 1.98. The lowest BCUT2D eigenvalue weighted by atomic mass is 9.91. The molecular weight excluding hydrogens is 651 g/mol. The molecule has 4 nitrogen and oxygen atoms in total. The third-order valence-corrected chi connectivity index (χ3v) is 12.2. The minimum atomic E-state index is -0.870. The van der Waals surface area contributed by atoms with Crippen LogP contribution in [0.25, 0.3) is 19.5 Å². The van der Waals surface area contributed by atoms with Gasteiger partial charge in [0.1, 0.15) is 4.75 Å². The average Bonchev–Trinajstić information content (AvgIpc) is 3.84. The summed E-state index contributed by atoms with van der Waals surface area (Å²) >= 11 is 13.7. The fourth-order valence-corrected chi connectivity index (χ4v) is 9.71. The first-order chi connectivity index (χ1) is 20.8. The second kappa shape index (κ2) is 16.5. The number of aliphatic hydroxyl groups is 1. The van der Waals surface area contributed by atoms with E-state index >= 15 is 0 Å². The normalized spacial score (nSPS) is 12.9. The number of thiocarbonyl (C=S) groups is 1. The van der Waals surface area contributed by atoms with Gasteiger partial charge >= 0.3 is 5.97 Å². The monoisotopic (exact) mass is 681 g/mol. The molecule has 5 rings (SSSR count). The number of carboxylic acids is 1. The summed E-state index contributed by atoms with van der Waals surface area (Å²) in [5.74, 6) is -1.43. The van der Waals surface area contributed by atoms with E-state index in [1.165, 1.54) is 36.8 Å². The van der Waals surface area contributed by atoms with Gasteiger partial charge < -0.3 is 10.2 Å². The van der Waals surface area contributed by atoms with Crippen LogP contribution in [0.3, 0.4) is 0 Å². The van der Waals surface area contributed by atoms with Crippen molar-refractivity contribution in [2.75, 3.05) is 6.61 Å². The number of carbonyl (C=O) groups is 1. The SMILES string of the molecule is CC(C#N)(CC(CCc1ccsc1)C(=O)O)SC(=S)c1ccccc1.OCCc1cc(-c2cccs2)sc1-c1cccs1. The molecule has 0 spiro atoms. The molecule has 0 amide bonds. The molecule has 222 valence electrons. The van der Waals surface area contributed by atoms with Gasteiger partial charge in [-0.3, -0.25) is 4.79 Å². The van der Waals surface area contributed by atoms with E-state index in [2.05, 4.69) is 47.2 Å². The molecule has 5 aromatic rings. The zero-order valence-electron chi connectivity index (χ0n) is 23.5. The molecule has 10 heteroatoms. The first-order valence-corrected chi connectivity index (χ1v) is 18.3. The minimum Gasteiger partial charge on any atom is -0.481 e. The quantitative estimate of drug-likeness (QED) is 0.128. The second-order valence-corrected chi connectivity index (χ2v) is 15.8. The van der Waals surface area contributed by atoms with E-state index in [4.69, 9.17) is 12.2 Å². The third-order valence-electron chi connectivity index (χ3n) is 6.61. The molecule has 0 aliphatic carbocycles. The summed E-state index contributed by atoms with van der Waals surface area (Å²) in [7, 11) is 0. The number of carboxylic acid groups (broad SMARTS) is 1. The van der Waals surface area contributed by atoms with Crippen molar-refractivity contribution in [2.45, 2.75) is 37.4 Å². The number of nitrogens with zero attached hydrogens (tertiary/aromatic N) is 1. The van der Waals surface area contributed by atoms with Crippen LogP contribution in [-0.2, 0) is 17.6 Å². The topological polar surface area (TPSA) is 81.3 Å². The van der Waals surface area contributed by atoms with Crippen molar-refractivity contribution in [3.63, 3.8) is 0 Å². The zero-order chi connectivity index (χ0) is 30.7. The molecule has 0 saturated carbocycles. The lowest BCUT2D eigenvalue weighted by Crippen LogP contribution is -2.28. The molecule has 43 heavy (non-hydrogen) atoms. The van der Waals surface area contributed by atoms with Crippen LogP contribution in [0.15, 0.2) is 88.3 Å². The summed E-state index contributed by atoms with van der Waals surface area (Å²) in [6, 6.07) is 24.5. The Hall–Kier alpha value is -2.62. The number of hydrogen-bond donors (Lipinski definition) is 2. The van der Waals surface area contributed by atoms with Crippen molar-refractivity contribution < 1.29 is 15.0 Å². The number of benzene rings is 1. The molecule has 0 aliphatic rings. The van der Waals surface area contributed by atoms with Crippen LogP contribution in [0.2, 0.25) is 0 Å². The summed E-state index contributed by atoms with van der Waals surface area (Å²) in [6.07, 6.45) is 2.22. The number of aliphatic hydroxyl groups excluding tert-OH is 1. The number of thiophene rings is 4. The van der Waals surface area contributed by atoms with Crippen molar-refractivity contribution in [3.05, 3.63) is 105 Å². The van der Waals surface area contributed by atoms with Gasteiger partial charge in [-0.25, -0.2) is 0 Å². The Bertz CT molecular complexity index is 1600. The number of rotatable bonds is 12. The predicted molar refractivity (Wildman–Crippen MR) is 190 cm³/mol. The van der Waals surface area contributed by atoms with Gasteiger partial charge in [0, 0.05) is 26.1 Å². The number of thioether (sulfide) groups is 1. The van der Waals surface area contributed by atoms with Crippen molar-refractivity contribution in [1.29, 1.82) is 5.26 Å². The van der Waals surface area contributed by atoms with E-state index in [9.17, 15) is 20.3 Å². The molecule has 1 aromatic carbocycles. The van der Waals surface area contributed by atoms with Gasteiger partial charge in [-0.15, -0.1) is 34.0 Å². The molecule has 0 fully saturated rings. The lowest BCUT2D eigenvalue weighted by Gasteiger charge is -2.25. The highest BCUT2D eigenvalue weighted by Crippen LogP contribution is 2.41. The number of hydrogen-bond acceptors (Lipinski definition) is 9. The van der Waals surface area contributed by atoms with E-state index in [1.807, 2.05) is 58.5 Å². The highest BCUT2D eigenvalue weighted by atomic mass is 32.2. The maximum Gasteiger partial charge on any atom is 0.306 e. The molecule has 2 unspecified atom stereocenters. The van der Waals surface area contributed by atoms with Crippen LogP contribution in [0.1, 0.15) is 36.5 Å². The number of nitriles is 1. The Morgan fingerprint density at radius 3 is 2.30 bits per heavy atom. The molecule has 0 radical (unpaired) electrons. The molecule has 2 atom stereocenters. The minimum absolute atomic E-state index is 0.207. The van der Waals surface area contributed by atoms with Gasteiger partial charge in [-0.1, -0.05) is 66.4 Å². The van der Waals surface area contributed by atoms with Crippen molar-refractivity contribution in [2.24, 2.45) is 5.92 Å². The molecule has 4 aromatic heterocycles. The van der Waals surface area contributed by atoms with Gasteiger partial charge in [0.2, 0.25) is 0 Å². The standard InChI is InChI=1S/C19H19NO2S3.C14H12OS3/c1-19(13-20,25-18(23)15-5-3-2-4-6-15)11-16(17(21)22)8-7-14-9-10-24-12-14;15-6-5-10-9-13(11-3-1-7-16-11)18-14(10)12-4-2-8-17-12/h2-6,9-10,12,16H,7-8,11H2,1H3,(H,21,22);1-4,7-9,15H,5-6H2. The maximum absolute atomic E-state index is 11.7. The Morgan fingerprint density at radius 1 is 1.00 bits per heavy atom. The second-order valence-electron chi connectivity index (χ2n) is 9.90. The van der Waals surface area contributed by atoms with Crippen LogP contribution >= 0.6 is 69.3 Å². The van der Waals surface area contributed by atoms with E-state index in [0.29, 0.717) is 17.0 Å². The largest absolute Gasteiger partial charge is 0.481 e. The predicted octanol–water partition coefficient (Wildman–Crippen LogP) is 9.90. The molecule has 0 saturated heterocycles. The Balaban J connectivity index is 0.000000206. The first-order valence-electron chi connectivity index (χ1n) is 13.6. The fraction of sp³-hybridized carbons (Fsp3) is 0.242. The van der Waals surface area contributed by atoms with E-state index < -0.39 is 16.6 Å². The van der Waals surface area contributed by atoms with E-state index in [-0.39, 0.29) is 13.0 Å². The highest BCUT2D eigenvalue weighted by molar-refractivity contribution is 8.24. The number of aliphatic carboxylic acids is 1. The van der Waals surface area contributed by atoms with Crippen LogP contribution in [0.5, 0.6) is 0 Å². The molecule has 2 N–H and O–H groups in total. The van der Waals surface area contributed by atoms with E-state index in [1.54, 1.807) is 40.9 Å². The van der Waals surface area contributed by atoms with Crippen molar-refractivity contribution in [1.82, 2.24) is 0 Å². The Labute approximate surface area is 278 Å². The van der Waals surface area contributed by atoms with Crippen LogP contribution in [0, 0.1) is 17.2 Å². The van der Waals surface area contributed by atoms with Crippen LogP contribution < -0.4 is 0 Å². The maximum atomic E-state index is 11.7. The molecule has 0 bridgehead atoms. The van der Waals surface area contributed by atoms with Crippen LogP contribution in [-0.4, -0.2) is 31.7 Å². The van der Waals surface area contributed by atoms with Crippen LogP contribution in [0.4, 0.5) is 0 Å². The third kappa shape index (κ3) is 9.68. The summed E-state index contributed by atoms with van der Waals surface area (Å²) in [4.78, 5) is 16.9. The molecular formula is C33H31NO3S6. The van der Waals surface area contributed by atoms with Gasteiger partial charge in [0.05, 0.1) is 16.2 Å². The van der Waals surface area contributed by atoms with Gasteiger partial charge in [0.25, 0.3) is 0 Å². The fourth-order valence-electron chi connectivity index (χ4n) is 4.40. The smallest absolute Gasteiger partial charge is 0.306 e. The Morgan fingerprint density at radius 2 is 1.72 bits per heavy atom.